The molecule has 0 radical (unpaired) electrons. The Hall–Kier alpha value is -1.73. The summed E-state index contributed by atoms with van der Waals surface area (Å²) in [5.74, 6) is -1.53. The second kappa shape index (κ2) is 4.42. The number of nitrogens with zero attached hydrogens (tertiary/aromatic N) is 1. The monoisotopic (exact) mass is 254 g/mol. The van der Waals surface area contributed by atoms with Gasteiger partial charge in [-0.3, -0.25) is 4.79 Å². The average Bonchev–Trinajstić information content (AvgIpc) is 2.86. The molecule has 0 spiro atoms. The summed E-state index contributed by atoms with van der Waals surface area (Å²) in [6.07, 6.45) is 0. The average molecular weight is 254 g/mol. The van der Waals surface area contributed by atoms with E-state index in [-0.39, 0.29) is 10.7 Å². The number of thiazole rings is 1. The highest BCUT2D eigenvalue weighted by atomic mass is 32.1. The first-order chi connectivity index (χ1) is 7.66. The van der Waals surface area contributed by atoms with Gasteiger partial charge in [0.25, 0.3) is 5.91 Å². The Labute approximate surface area is 98.4 Å². The first-order valence-corrected chi connectivity index (χ1v) is 6.01. The molecule has 0 atom stereocenters. The van der Waals surface area contributed by atoms with E-state index >= 15 is 0 Å². The van der Waals surface area contributed by atoms with Crippen molar-refractivity contribution >= 4 is 40.2 Å². The number of carboxylic acids is 1. The SMILES string of the molecule is O=C(O)c1csc(C(=O)Nc2ccsc2)n1. The molecule has 0 saturated heterocycles. The quantitative estimate of drug-likeness (QED) is 0.879. The lowest BCUT2D eigenvalue weighted by Gasteiger charge is -1.97. The predicted molar refractivity (Wildman–Crippen MR) is 61.3 cm³/mol. The molecular weight excluding hydrogens is 248 g/mol. The third-order valence-electron chi connectivity index (χ3n) is 1.70. The maximum Gasteiger partial charge on any atom is 0.355 e. The summed E-state index contributed by atoms with van der Waals surface area (Å²) in [7, 11) is 0. The first kappa shape index (κ1) is 10.8. The molecule has 2 aromatic rings. The molecule has 5 nitrogen and oxygen atoms in total. The number of amides is 1. The zero-order valence-electron chi connectivity index (χ0n) is 7.84. The molecule has 0 fully saturated rings. The molecule has 0 aromatic carbocycles. The summed E-state index contributed by atoms with van der Waals surface area (Å²) in [5.41, 5.74) is 0.572. The van der Waals surface area contributed by atoms with E-state index in [0.29, 0.717) is 5.69 Å². The number of nitrogens with one attached hydrogen (secondary N) is 1. The molecule has 7 heteroatoms. The lowest BCUT2D eigenvalue weighted by molar-refractivity contribution is 0.0691. The molecule has 0 saturated carbocycles. The molecule has 0 aliphatic carbocycles. The molecular formula is C9H6N2O3S2. The summed E-state index contributed by atoms with van der Waals surface area (Å²) < 4.78 is 0. The number of aromatic carboxylic acids is 1. The number of carbonyl (C=O) groups is 2. The normalized spacial score (nSPS) is 10.0. The van der Waals surface area contributed by atoms with Gasteiger partial charge in [0.1, 0.15) is 0 Å². The van der Waals surface area contributed by atoms with E-state index in [1.54, 1.807) is 11.4 Å². The summed E-state index contributed by atoms with van der Waals surface area (Å²) >= 11 is 2.47. The van der Waals surface area contributed by atoms with Gasteiger partial charge in [-0.05, 0) is 11.4 Å². The zero-order valence-corrected chi connectivity index (χ0v) is 9.47. The summed E-state index contributed by atoms with van der Waals surface area (Å²) in [6, 6.07) is 1.76. The van der Waals surface area contributed by atoms with Crippen LogP contribution in [0.15, 0.2) is 22.2 Å². The van der Waals surface area contributed by atoms with Crippen LogP contribution in [0.1, 0.15) is 20.3 Å². The second-order valence-electron chi connectivity index (χ2n) is 2.81. The van der Waals surface area contributed by atoms with Gasteiger partial charge in [0.05, 0.1) is 5.69 Å². The fourth-order valence-corrected chi connectivity index (χ4v) is 2.27. The van der Waals surface area contributed by atoms with Crippen LogP contribution in [-0.2, 0) is 0 Å². The highest BCUT2D eigenvalue weighted by Gasteiger charge is 2.14. The van der Waals surface area contributed by atoms with Gasteiger partial charge in [-0.1, -0.05) is 0 Å². The van der Waals surface area contributed by atoms with Gasteiger partial charge in [0.15, 0.2) is 10.7 Å². The zero-order chi connectivity index (χ0) is 11.5. The van der Waals surface area contributed by atoms with Crippen LogP contribution in [0.25, 0.3) is 0 Å². The first-order valence-electron chi connectivity index (χ1n) is 4.19. The molecule has 1 amide bonds. The highest BCUT2D eigenvalue weighted by Crippen LogP contribution is 2.15. The molecule has 0 bridgehead atoms. The van der Waals surface area contributed by atoms with Crippen LogP contribution < -0.4 is 5.32 Å². The van der Waals surface area contributed by atoms with Gasteiger partial charge in [0.2, 0.25) is 0 Å². The second-order valence-corrected chi connectivity index (χ2v) is 4.45. The minimum atomic E-state index is -1.13. The minimum absolute atomic E-state index is 0.111. The van der Waals surface area contributed by atoms with Crippen LogP contribution >= 0.6 is 22.7 Å². The van der Waals surface area contributed by atoms with Gasteiger partial charge in [-0.25, -0.2) is 9.78 Å². The molecule has 0 aliphatic heterocycles. The fraction of sp³-hybridized carbons (Fsp3) is 0. The third kappa shape index (κ3) is 2.26. The lowest BCUT2D eigenvalue weighted by atomic mass is 10.5. The van der Waals surface area contributed by atoms with Crippen molar-refractivity contribution in [3.8, 4) is 0 Å². The van der Waals surface area contributed by atoms with Crippen molar-refractivity contribution in [3.05, 3.63) is 32.9 Å². The van der Waals surface area contributed by atoms with Gasteiger partial charge >= 0.3 is 5.97 Å². The number of rotatable bonds is 3. The van der Waals surface area contributed by atoms with Crippen molar-refractivity contribution < 1.29 is 14.7 Å². The molecule has 2 rings (SSSR count). The fourth-order valence-electron chi connectivity index (χ4n) is 0.996. The van der Waals surface area contributed by atoms with Crippen molar-refractivity contribution in [2.45, 2.75) is 0 Å². The molecule has 0 unspecified atom stereocenters. The Morgan fingerprint density at radius 1 is 1.38 bits per heavy atom. The van der Waals surface area contributed by atoms with E-state index in [9.17, 15) is 9.59 Å². The molecule has 2 heterocycles. The van der Waals surface area contributed by atoms with Crippen LogP contribution in [0.2, 0.25) is 0 Å². The Morgan fingerprint density at radius 2 is 2.19 bits per heavy atom. The Balaban J connectivity index is 2.12. The lowest BCUT2D eigenvalue weighted by Crippen LogP contribution is -2.11. The van der Waals surface area contributed by atoms with Gasteiger partial charge in [-0.2, -0.15) is 11.3 Å². The van der Waals surface area contributed by atoms with Crippen molar-refractivity contribution in [3.63, 3.8) is 0 Å². The van der Waals surface area contributed by atoms with Crippen molar-refractivity contribution in [2.24, 2.45) is 0 Å². The smallest absolute Gasteiger partial charge is 0.355 e. The van der Waals surface area contributed by atoms with Gasteiger partial charge in [-0.15, -0.1) is 11.3 Å². The van der Waals surface area contributed by atoms with Crippen LogP contribution in [-0.4, -0.2) is 22.0 Å². The third-order valence-corrected chi connectivity index (χ3v) is 3.22. The number of carbonyl (C=O) groups excluding carboxylic acids is 1. The van der Waals surface area contributed by atoms with Crippen molar-refractivity contribution in [1.82, 2.24) is 4.98 Å². The van der Waals surface area contributed by atoms with E-state index < -0.39 is 11.9 Å². The van der Waals surface area contributed by atoms with E-state index in [0.717, 1.165) is 11.3 Å². The largest absolute Gasteiger partial charge is 0.476 e. The van der Waals surface area contributed by atoms with Crippen LogP contribution in [0, 0.1) is 0 Å². The molecule has 0 aliphatic rings. The maximum absolute atomic E-state index is 11.6. The number of thiophene rings is 1. The van der Waals surface area contributed by atoms with Gasteiger partial charge in [0, 0.05) is 10.8 Å². The Morgan fingerprint density at radius 3 is 2.75 bits per heavy atom. The number of hydrogen-bond donors (Lipinski definition) is 2. The Bertz CT molecular complexity index is 519. The number of carboxylic acid groups (broad SMARTS) is 1. The molecule has 2 aromatic heterocycles. The number of aromatic nitrogens is 1. The maximum atomic E-state index is 11.6. The Kier molecular flexibility index (Phi) is 2.97. The predicted octanol–water partition coefficient (Wildman–Crippen LogP) is 2.16. The summed E-state index contributed by atoms with van der Waals surface area (Å²) in [4.78, 5) is 25.9. The van der Waals surface area contributed by atoms with Crippen molar-refractivity contribution in [2.75, 3.05) is 5.32 Å². The van der Waals surface area contributed by atoms with Gasteiger partial charge < -0.3 is 10.4 Å². The van der Waals surface area contributed by atoms with Crippen LogP contribution in [0.4, 0.5) is 5.69 Å². The topological polar surface area (TPSA) is 79.3 Å². The van der Waals surface area contributed by atoms with E-state index in [1.807, 2.05) is 5.38 Å². The summed E-state index contributed by atoms with van der Waals surface area (Å²) in [6.45, 7) is 0. The van der Waals surface area contributed by atoms with E-state index in [2.05, 4.69) is 10.3 Å². The van der Waals surface area contributed by atoms with E-state index in [4.69, 9.17) is 5.11 Å². The molecule has 16 heavy (non-hydrogen) atoms. The van der Waals surface area contributed by atoms with E-state index in [1.165, 1.54) is 16.7 Å². The molecule has 82 valence electrons. The highest BCUT2D eigenvalue weighted by molar-refractivity contribution is 7.12. The number of anilines is 1. The molecule has 2 N–H and O–H groups in total. The minimum Gasteiger partial charge on any atom is -0.476 e. The number of hydrogen-bond acceptors (Lipinski definition) is 5. The van der Waals surface area contributed by atoms with Crippen LogP contribution in [0.3, 0.4) is 0 Å². The summed E-state index contributed by atoms with van der Waals surface area (Å²) in [5, 5.41) is 16.4. The van der Waals surface area contributed by atoms with Crippen LogP contribution in [0.5, 0.6) is 0 Å². The van der Waals surface area contributed by atoms with Crippen molar-refractivity contribution in [1.29, 1.82) is 0 Å². The standard InChI is InChI=1S/C9H6N2O3S2/c12-7(10-5-1-2-15-3-5)8-11-6(4-16-8)9(13)14/h1-4H,(H,10,12)(H,13,14).